The van der Waals surface area contributed by atoms with Crippen molar-refractivity contribution in [2.45, 2.75) is 33.7 Å². The SMILES string of the molecule is CC(C)C(=O)NCCN(CCS(=O)(=O)O)C(C)C. The van der Waals surface area contributed by atoms with Crippen LogP contribution in [0.1, 0.15) is 27.7 Å². The zero-order chi connectivity index (χ0) is 14.3. The van der Waals surface area contributed by atoms with Gasteiger partial charge in [0, 0.05) is 31.6 Å². The van der Waals surface area contributed by atoms with Crippen LogP contribution >= 0.6 is 0 Å². The van der Waals surface area contributed by atoms with E-state index < -0.39 is 10.1 Å². The van der Waals surface area contributed by atoms with Crippen molar-refractivity contribution in [2.24, 2.45) is 5.92 Å². The molecule has 2 N–H and O–H groups in total. The quantitative estimate of drug-likeness (QED) is 0.627. The third kappa shape index (κ3) is 8.43. The first-order valence-corrected chi connectivity index (χ1v) is 7.71. The van der Waals surface area contributed by atoms with Crippen molar-refractivity contribution in [3.8, 4) is 0 Å². The molecule has 0 aromatic heterocycles. The molecule has 0 bridgehead atoms. The number of nitrogens with one attached hydrogen (secondary N) is 1. The van der Waals surface area contributed by atoms with Gasteiger partial charge in [-0.1, -0.05) is 13.8 Å². The highest BCUT2D eigenvalue weighted by molar-refractivity contribution is 7.85. The Morgan fingerprint density at radius 3 is 2.17 bits per heavy atom. The van der Waals surface area contributed by atoms with E-state index in [1.165, 1.54) is 0 Å². The second-order valence-electron chi connectivity index (χ2n) is 4.86. The van der Waals surface area contributed by atoms with Gasteiger partial charge in [-0.2, -0.15) is 8.42 Å². The maximum atomic E-state index is 11.3. The van der Waals surface area contributed by atoms with Gasteiger partial charge in [0.2, 0.25) is 5.91 Å². The molecular weight excluding hydrogens is 256 g/mol. The van der Waals surface area contributed by atoms with Crippen LogP contribution in [0, 0.1) is 5.92 Å². The smallest absolute Gasteiger partial charge is 0.266 e. The lowest BCUT2D eigenvalue weighted by Crippen LogP contribution is -2.41. The molecule has 7 heteroatoms. The molecule has 6 nitrogen and oxygen atoms in total. The van der Waals surface area contributed by atoms with Gasteiger partial charge in [0.15, 0.2) is 0 Å². The molecule has 18 heavy (non-hydrogen) atoms. The maximum Gasteiger partial charge on any atom is 0.266 e. The summed E-state index contributed by atoms with van der Waals surface area (Å²) >= 11 is 0. The van der Waals surface area contributed by atoms with Crippen molar-refractivity contribution in [2.75, 3.05) is 25.4 Å². The molecule has 0 heterocycles. The van der Waals surface area contributed by atoms with E-state index in [9.17, 15) is 13.2 Å². The average molecular weight is 280 g/mol. The summed E-state index contributed by atoms with van der Waals surface area (Å²) in [6.45, 7) is 8.80. The van der Waals surface area contributed by atoms with E-state index in [0.29, 0.717) is 13.1 Å². The number of carbonyl (C=O) groups is 1. The minimum Gasteiger partial charge on any atom is -0.355 e. The topological polar surface area (TPSA) is 86.7 Å². The summed E-state index contributed by atoms with van der Waals surface area (Å²) in [4.78, 5) is 13.2. The molecule has 0 aromatic carbocycles. The van der Waals surface area contributed by atoms with Crippen molar-refractivity contribution < 1.29 is 17.8 Å². The van der Waals surface area contributed by atoms with Crippen molar-refractivity contribution in [1.29, 1.82) is 0 Å². The van der Waals surface area contributed by atoms with Crippen molar-refractivity contribution in [3.05, 3.63) is 0 Å². The van der Waals surface area contributed by atoms with Gasteiger partial charge < -0.3 is 5.32 Å². The highest BCUT2D eigenvalue weighted by atomic mass is 32.2. The summed E-state index contributed by atoms with van der Waals surface area (Å²) in [5.41, 5.74) is 0. The number of carbonyl (C=O) groups excluding carboxylic acids is 1. The van der Waals surface area contributed by atoms with Crippen LogP contribution in [0.5, 0.6) is 0 Å². The fourth-order valence-electron chi connectivity index (χ4n) is 1.39. The normalized spacial score (nSPS) is 12.4. The fourth-order valence-corrected chi connectivity index (χ4v) is 1.85. The first kappa shape index (κ1) is 17.3. The van der Waals surface area contributed by atoms with Crippen molar-refractivity contribution in [3.63, 3.8) is 0 Å². The lowest BCUT2D eigenvalue weighted by Gasteiger charge is -2.26. The van der Waals surface area contributed by atoms with Crippen molar-refractivity contribution in [1.82, 2.24) is 10.2 Å². The standard InChI is InChI=1S/C11H24N2O4S/c1-9(2)11(14)12-5-6-13(10(3)4)7-8-18(15,16)17/h9-10H,5-8H2,1-4H3,(H,12,14)(H,15,16,17). The summed E-state index contributed by atoms with van der Waals surface area (Å²) in [7, 11) is -3.94. The van der Waals surface area contributed by atoms with Crippen LogP contribution in [-0.4, -0.2) is 55.2 Å². The molecular formula is C11H24N2O4S. The Labute approximate surface area is 109 Å². The summed E-state index contributed by atoms with van der Waals surface area (Å²) in [6.07, 6.45) is 0. The average Bonchev–Trinajstić information content (AvgIpc) is 2.20. The van der Waals surface area contributed by atoms with Crippen LogP contribution in [0.3, 0.4) is 0 Å². The van der Waals surface area contributed by atoms with E-state index in [0.717, 1.165) is 0 Å². The van der Waals surface area contributed by atoms with Gasteiger partial charge in [-0.05, 0) is 13.8 Å². The summed E-state index contributed by atoms with van der Waals surface area (Å²) in [6, 6.07) is 0.155. The van der Waals surface area contributed by atoms with Gasteiger partial charge in [-0.15, -0.1) is 0 Å². The van der Waals surface area contributed by atoms with Crippen molar-refractivity contribution >= 4 is 16.0 Å². The Morgan fingerprint density at radius 1 is 1.22 bits per heavy atom. The largest absolute Gasteiger partial charge is 0.355 e. The Bertz CT molecular complexity index is 352. The molecule has 0 spiro atoms. The molecule has 0 aromatic rings. The minimum atomic E-state index is -3.94. The molecule has 0 saturated carbocycles. The number of nitrogens with zero attached hydrogens (tertiary/aromatic N) is 1. The van der Waals surface area contributed by atoms with E-state index in [1.54, 1.807) is 0 Å². The summed E-state index contributed by atoms with van der Waals surface area (Å²) in [5.74, 6) is -0.368. The first-order valence-electron chi connectivity index (χ1n) is 6.10. The molecule has 0 unspecified atom stereocenters. The second-order valence-corrected chi connectivity index (χ2v) is 6.43. The molecule has 108 valence electrons. The zero-order valence-electron chi connectivity index (χ0n) is 11.5. The number of amides is 1. The van der Waals surface area contributed by atoms with Gasteiger partial charge in [0.25, 0.3) is 10.1 Å². The number of hydrogen-bond acceptors (Lipinski definition) is 4. The summed E-state index contributed by atoms with van der Waals surface area (Å²) < 4.78 is 30.1. The van der Waals surface area contributed by atoms with Gasteiger partial charge in [-0.3, -0.25) is 14.2 Å². The zero-order valence-corrected chi connectivity index (χ0v) is 12.3. The Hall–Kier alpha value is -0.660. The Morgan fingerprint density at radius 2 is 1.78 bits per heavy atom. The monoisotopic (exact) mass is 280 g/mol. The molecule has 0 saturated heterocycles. The third-order valence-electron chi connectivity index (χ3n) is 2.59. The van der Waals surface area contributed by atoms with Gasteiger partial charge in [-0.25, -0.2) is 0 Å². The molecule has 0 radical (unpaired) electrons. The highest BCUT2D eigenvalue weighted by Gasteiger charge is 2.14. The van der Waals surface area contributed by atoms with Gasteiger partial charge >= 0.3 is 0 Å². The highest BCUT2D eigenvalue weighted by Crippen LogP contribution is 1.99. The van der Waals surface area contributed by atoms with Crippen LogP contribution in [0.4, 0.5) is 0 Å². The molecule has 0 rings (SSSR count). The van der Waals surface area contributed by atoms with E-state index in [2.05, 4.69) is 5.32 Å². The molecule has 0 atom stereocenters. The van der Waals surface area contributed by atoms with Crippen LogP contribution in [0.15, 0.2) is 0 Å². The summed E-state index contributed by atoms with van der Waals surface area (Å²) in [5, 5.41) is 2.77. The fraction of sp³-hybridized carbons (Fsp3) is 0.909. The Kier molecular flexibility index (Phi) is 7.42. The third-order valence-corrected chi connectivity index (χ3v) is 3.29. The second kappa shape index (κ2) is 7.70. The number of hydrogen-bond donors (Lipinski definition) is 2. The number of rotatable bonds is 8. The van der Waals surface area contributed by atoms with Gasteiger partial charge in [0.05, 0.1) is 5.75 Å². The van der Waals surface area contributed by atoms with E-state index in [4.69, 9.17) is 4.55 Å². The molecule has 0 aliphatic heterocycles. The lowest BCUT2D eigenvalue weighted by molar-refractivity contribution is -0.124. The van der Waals surface area contributed by atoms with Gasteiger partial charge in [0.1, 0.15) is 0 Å². The predicted octanol–water partition coefficient (Wildman–Crippen LogP) is 0.357. The first-order chi connectivity index (χ1) is 8.13. The van der Waals surface area contributed by atoms with Crippen LogP contribution in [0.2, 0.25) is 0 Å². The van der Waals surface area contributed by atoms with Crippen LogP contribution < -0.4 is 5.32 Å². The van der Waals surface area contributed by atoms with Crippen LogP contribution in [0.25, 0.3) is 0 Å². The van der Waals surface area contributed by atoms with E-state index in [1.807, 2.05) is 32.6 Å². The van der Waals surface area contributed by atoms with Crippen LogP contribution in [-0.2, 0) is 14.9 Å². The van der Waals surface area contributed by atoms with E-state index >= 15 is 0 Å². The molecule has 0 aliphatic rings. The Balaban J connectivity index is 4.10. The molecule has 1 amide bonds. The molecule has 0 aliphatic carbocycles. The minimum absolute atomic E-state index is 0.0199. The lowest BCUT2D eigenvalue weighted by atomic mass is 10.2. The van der Waals surface area contributed by atoms with E-state index in [-0.39, 0.29) is 30.2 Å². The molecule has 0 fully saturated rings. The predicted molar refractivity (Wildman–Crippen MR) is 71.0 cm³/mol. The maximum absolute atomic E-state index is 11.3.